The summed E-state index contributed by atoms with van der Waals surface area (Å²) < 4.78 is 40.1. The van der Waals surface area contributed by atoms with E-state index in [9.17, 15) is 18.0 Å². The second-order valence-corrected chi connectivity index (χ2v) is 6.26. The standard InChI is InChI=1S/C17H23F3N2O2.ClH/c1-12(14-3-2-8-21-11-14)9-16(23)22-10-13-4-6-15(7-5-13)24-17(18,19)20;/h4-7,12,14,21H,2-3,8-11H2,1H3,(H,22,23);1H. The summed E-state index contributed by atoms with van der Waals surface area (Å²) in [6.45, 7) is 4.37. The Kier molecular flexibility index (Phi) is 8.52. The Morgan fingerprint density at radius 3 is 2.60 bits per heavy atom. The van der Waals surface area contributed by atoms with Gasteiger partial charge in [0.15, 0.2) is 0 Å². The van der Waals surface area contributed by atoms with E-state index in [1.807, 2.05) is 0 Å². The van der Waals surface area contributed by atoms with Crippen LogP contribution in [0.15, 0.2) is 24.3 Å². The van der Waals surface area contributed by atoms with Gasteiger partial charge in [-0.25, -0.2) is 0 Å². The zero-order chi connectivity index (χ0) is 17.6. The molecular weight excluding hydrogens is 357 g/mol. The van der Waals surface area contributed by atoms with Crippen LogP contribution in [-0.2, 0) is 11.3 Å². The lowest BCUT2D eigenvalue weighted by atomic mass is 9.85. The fourth-order valence-electron chi connectivity index (χ4n) is 2.91. The fraction of sp³-hybridized carbons (Fsp3) is 0.588. The van der Waals surface area contributed by atoms with Gasteiger partial charge >= 0.3 is 6.36 Å². The summed E-state index contributed by atoms with van der Waals surface area (Å²) in [5.74, 6) is 0.517. The molecule has 25 heavy (non-hydrogen) atoms. The first-order valence-corrected chi connectivity index (χ1v) is 8.15. The molecule has 2 N–H and O–H groups in total. The Labute approximate surface area is 151 Å². The van der Waals surface area contributed by atoms with Crippen molar-refractivity contribution in [1.29, 1.82) is 0 Å². The number of alkyl halides is 3. The molecule has 2 atom stereocenters. The number of rotatable bonds is 6. The number of ether oxygens (including phenoxy) is 1. The number of piperidine rings is 1. The topological polar surface area (TPSA) is 50.4 Å². The van der Waals surface area contributed by atoms with E-state index in [4.69, 9.17) is 0 Å². The monoisotopic (exact) mass is 380 g/mol. The van der Waals surface area contributed by atoms with Crippen LogP contribution in [0, 0.1) is 11.8 Å². The van der Waals surface area contributed by atoms with Crippen molar-refractivity contribution in [2.24, 2.45) is 11.8 Å². The van der Waals surface area contributed by atoms with Crippen LogP contribution in [0.1, 0.15) is 31.7 Å². The molecule has 1 aliphatic heterocycles. The molecular formula is C17H24ClF3N2O2. The van der Waals surface area contributed by atoms with Crippen molar-refractivity contribution in [3.05, 3.63) is 29.8 Å². The molecule has 0 aromatic heterocycles. The molecule has 2 rings (SSSR count). The first-order chi connectivity index (χ1) is 11.3. The van der Waals surface area contributed by atoms with Gasteiger partial charge in [0.2, 0.25) is 5.91 Å². The molecule has 0 saturated carbocycles. The van der Waals surface area contributed by atoms with E-state index in [1.54, 1.807) is 0 Å². The lowest BCUT2D eigenvalue weighted by molar-refractivity contribution is -0.274. The van der Waals surface area contributed by atoms with Crippen molar-refractivity contribution < 1.29 is 22.7 Å². The molecule has 1 aliphatic rings. The largest absolute Gasteiger partial charge is 0.573 e. The smallest absolute Gasteiger partial charge is 0.406 e. The Hall–Kier alpha value is -1.47. The third kappa shape index (κ3) is 7.96. The minimum atomic E-state index is -4.69. The van der Waals surface area contributed by atoms with Gasteiger partial charge in [0.1, 0.15) is 5.75 Å². The molecule has 4 nitrogen and oxygen atoms in total. The summed E-state index contributed by atoms with van der Waals surface area (Å²) in [6, 6.07) is 5.50. The summed E-state index contributed by atoms with van der Waals surface area (Å²) in [5.41, 5.74) is 0.727. The maximum Gasteiger partial charge on any atom is 0.573 e. The van der Waals surface area contributed by atoms with Gasteiger partial charge in [-0.2, -0.15) is 0 Å². The van der Waals surface area contributed by atoms with E-state index < -0.39 is 6.36 Å². The molecule has 2 unspecified atom stereocenters. The van der Waals surface area contributed by atoms with Crippen LogP contribution in [0.5, 0.6) is 5.75 Å². The maximum absolute atomic E-state index is 12.1. The highest BCUT2D eigenvalue weighted by molar-refractivity contribution is 5.85. The molecule has 142 valence electrons. The van der Waals surface area contributed by atoms with E-state index in [2.05, 4.69) is 22.3 Å². The first kappa shape index (κ1) is 21.6. The number of benzene rings is 1. The van der Waals surface area contributed by atoms with Crippen LogP contribution in [0.4, 0.5) is 13.2 Å². The number of carbonyl (C=O) groups is 1. The average molecular weight is 381 g/mol. The van der Waals surface area contributed by atoms with E-state index >= 15 is 0 Å². The molecule has 1 amide bonds. The van der Waals surface area contributed by atoms with Crippen LogP contribution in [0.25, 0.3) is 0 Å². The van der Waals surface area contributed by atoms with Gasteiger partial charge in [-0.05, 0) is 55.5 Å². The minimum absolute atomic E-state index is 0. The van der Waals surface area contributed by atoms with Gasteiger partial charge in [0, 0.05) is 13.0 Å². The Morgan fingerprint density at radius 1 is 1.36 bits per heavy atom. The van der Waals surface area contributed by atoms with Crippen molar-refractivity contribution in [3.8, 4) is 5.75 Å². The fourth-order valence-corrected chi connectivity index (χ4v) is 2.91. The number of nitrogens with one attached hydrogen (secondary N) is 2. The van der Waals surface area contributed by atoms with E-state index in [1.165, 1.54) is 24.3 Å². The summed E-state index contributed by atoms with van der Waals surface area (Å²) in [4.78, 5) is 12.0. The predicted molar refractivity (Wildman–Crippen MR) is 91.6 cm³/mol. The molecule has 0 radical (unpaired) electrons. The Bertz CT molecular complexity index is 532. The zero-order valence-corrected chi connectivity index (χ0v) is 14.9. The molecule has 1 saturated heterocycles. The molecule has 1 heterocycles. The Balaban J connectivity index is 0.00000312. The normalized spacial score (nSPS) is 18.8. The second-order valence-electron chi connectivity index (χ2n) is 6.26. The van der Waals surface area contributed by atoms with Crippen molar-refractivity contribution in [1.82, 2.24) is 10.6 Å². The summed E-state index contributed by atoms with van der Waals surface area (Å²) in [7, 11) is 0. The number of hydrogen-bond donors (Lipinski definition) is 2. The van der Waals surface area contributed by atoms with Gasteiger partial charge in [0.25, 0.3) is 0 Å². The predicted octanol–water partition coefficient (Wildman–Crippen LogP) is 3.65. The third-order valence-electron chi connectivity index (χ3n) is 4.29. The summed E-state index contributed by atoms with van der Waals surface area (Å²) in [6.07, 6.45) is -1.95. The van der Waals surface area contributed by atoms with E-state index in [0.29, 0.717) is 24.8 Å². The molecule has 0 bridgehead atoms. The lowest BCUT2D eigenvalue weighted by Gasteiger charge is -2.28. The van der Waals surface area contributed by atoms with E-state index in [0.717, 1.165) is 31.5 Å². The number of amides is 1. The van der Waals surface area contributed by atoms with Crippen molar-refractivity contribution in [2.45, 2.75) is 39.1 Å². The van der Waals surface area contributed by atoms with Crippen LogP contribution in [0.3, 0.4) is 0 Å². The average Bonchev–Trinajstić information content (AvgIpc) is 2.53. The highest BCUT2D eigenvalue weighted by atomic mass is 35.5. The van der Waals surface area contributed by atoms with Crippen molar-refractivity contribution >= 4 is 18.3 Å². The van der Waals surface area contributed by atoms with Crippen LogP contribution < -0.4 is 15.4 Å². The number of carbonyl (C=O) groups excluding carboxylic acids is 1. The molecule has 8 heteroatoms. The minimum Gasteiger partial charge on any atom is -0.406 e. The maximum atomic E-state index is 12.1. The SMILES string of the molecule is CC(CC(=O)NCc1ccc(OC(F)(F)F)cc1)C1CCCNC1.Cl. The first-order valence-electron chi connectivity index (χ1n) is 8.15. The lowest BCUT2D eigenvalue weighted by Crippen LogP contribution is -2.35. The second kappa shape index (κ2) is 9.87. The summed E-state index contributed by atoms with van der Waals surface area (Å²) >= 11 is 0. The van der Waals surface area contributed by atoms with Gasteiger partial charge < -0.3 is 15.4 Å². The molecule has 0 spiro atoms. The van der Waals surface area contributed by atoms with Crippen LogP contribution in [0.2, 0.25) is 0 Å². The summed E-state index contributed by atoms with van der Waals surface area (Å²) in [5, 5.41) is 6.16. The van der Waals surface area contributed by atoms with Crippen molar-refractivity contribution in [2.75, 3.05) is 13.1 Å². The molecule has 1 aromatic carbocycles. The zero-order valence-electron chi connectivity index (χ0n) is 14.1. The molecule has 1 fully saturated rings. The van der Waals surface area contributed by atoms with Gasteiger partial charge in [-0.3, -0.25) is 4.79 Å². The highest BCUT2D eigenvalue weighted by Crippen LogP contribution is 2.23. The molecule has 0 aliphatic carbocycles. The van der Waals surface area contributed by atoms with Gasteiger partial charge in [-0.15, -0.1) is 25.6 Å². The Morgan fingerprint density at radius 2 is 2.04 bits per heavy atom. The third-order valence-corrected chi connectivity index (χ3v) is 4.29. The van der Waals surface area contributed by atoms with Crippen LogP contribution >= 0.6 is 12.4 Å². The molecule has 1 aromatic rings. The quantitative estimate of drug-likeness (QED) is 0.792. The highest BCUT2D eigenvalue weighted by Gasteiger charge is 2.31. The van der Waals surface area contributed by atoms with E-state index in [-0.39, 0.29) is 24.1 Å². The van der Waals surface area contributed by atoms with Crippen LogP contribution in [-0.4, -0.2) is 25.4 Å². The van der Waals surface area contributed by atoms with Crippen molar-refractivity contribution in [3.63, 3.8) is 0 Å². The number of halogens is 4. The van der Waals surface area contributed by atoms with Gasteiger partial charge in [-0.1, -0.05) is 19.1 Å². The number of hydrogen-bond acceptors (Lipinski definition) is 3. The van der Waals surface area contributed by atoms with Gasteiger partial charge in [0.05, 0.1) is 0 Å².